The summed E-state index contributed by atoms with van der Waals surface area (Å²) in [7, 11) is 0. The number of rotatable bonds is 7. The molecule has 4 nitrogen and oxygen atoms in total. The fraction of sp³-hybridized carbons (Fsp3) is 0.450. The average molecular weight is 361 g/mol. The van der Waals surface area contributed by atoms with Crippen LogP contribution in [0, 0.1) is 0 Å². The van der Waals surface area contributed by atoms with Gasteiger partial charge in [-0.2, -0.15) is 0 Å². The minimum absolute atomic E-state index is 0.0727. The number of piperidine rings is 1. The second-order valence-electron chi connectivity index (χ2n) is 6.56. The Balaban J connectivity index is 1.51. The predicted octanol–water partition coefficient (Wildman–Crippen LogP) is 4.21. The van der Waals surface area contributed by atoms with Crippen LogP contribution in [0.2, 0.25) is 5.02 Å². The summed E-state index contributed by atoms with van der Waals surface area (Å²) in [6.07, 6.45) is 6.61. The average Bonchev–Trinajstić information content (AvgIpc) is 3.17. The number of furan rings is 1. The summed E-state index contributed by atoms with van der Waals surface area (Å²) < 4.78 is 5.62. The van der Waals surface area contributed by atoms with Crippen LogP contribution in [-0.4, -0.2) is 30.4 Å². The van der Waals surface area contributed by atoms with Gasteiger partial charge in [0.25, 0.3) is 0 Å². The zero-order valence-electron chi connectivity index (χ0n) is 14.4. The lowest BCUT2D eigenvalue weighted by Crippen LogP contribution is -2.40. The number of aryl methyl sites for hydroxylation is 1. The first-order valence-electron chi connectivity index (χ1n) is 9.01. The number of nitrogens with one attached hydrogen (secondary N) is 1. The van der Waals surface area contributed by atoms with Crippen LogP contribution in [0.4, 0.5) is 0 Å². The van der Waals surface area contributed by atoms with Crippen molar-refractivity contribution in [3.63, 3.8) is 0 Å². The highest BCUT2D eigenvalue weighted by molar-refractivity contribution is 6.30. The van der Waals surface area contributed by atoms with Crippen molar-refractivity contribution in [1.82, 2.24) is 10.2 Å². The number of halogens is 1. The van der Waals surface area contributed by atoms with Gasteiger partial charge in [-0.15, -0.1) is 0 Å². The van der Waals surface area contributed by atoms with Gasteiger partial charge in [-0.05, 0) is 62.2 Å². The minimum atomic E-state index is 0.0727. The van der Waals surface area contributed by atoms with E-state index in [0.717, 1.165) is 35.9 Å². The van der Waals surface area contributed by atoms with E-state index in [1.54, 1.807) is 6.26 Å². The molecule has 1 amide bonds. The monoisotopic (exact) mass is 360 g/mol. The Morgan fingerprint density at radius 2 is 1.92 bits per heavy atom. The Bertz CT molecular complexity index is 649. The predicted molar refractivity (Wildman–Crippen MR) is 99.7 cm³/mol. The molecule has 2 aromatic rings. The normalized spacial score (nSPS) is 16.5. The molecule has 1 aromatic carbocycles. The Kier molecular flexibility index (Phi) is 6.54. The van der Waals surface area contributed by atoms with Crippen LogP contribution in [0.3, 0.4) is 0 Å². The van der Waals surface area contributed by atoms with Crippen LogP contribution >= 0.6 is 11.6 Å². The van der Waals surface area contributed by atoms with E-state index in [2.05, 4.69) is 10.2 Å². The topological polar surface area (TPSA) is 45.5 Å². The number of amides is 1. The second-order valence-corrected chi connectivity index (χ2v) is 6.99. The van der Waals surface area contributed by atoms with Gasteiger partial charge in [0.15, 0.2) is 0 Å². The van der Waals surface area contributed by atoms with Crippen LogP contribution in [0.1, 0.15) is 43.0 Å². The van der Waals surface area contributed by atoms with E-state index >= 15 is 0 Å². The Hall–Kier alpha value is -1.78. The van der Waals surface area contributed by atoms with Gasteiger partial charge in [-0.25, -0.2) is 0 Å². The molecule has 5 heteroatoms. The Labute approximate surface area is 154 Å². The SMILES string of the molecule is O=C(CCc1ccc(Cl)cc1)NCC(c1ccco1)N1CCCCC1. The molecule has 1 saturated heterocycles. The lowest BCUT2D eigenvalue weighted by atomic mass is 10.1. The summed E-state index contributed by atoms with van der Waals surface area (Å²) in [4.78, 5) is 14.7. The molecule has 3 rings (SSSR count). The maximum Gasteiger partial charge on any atom is 0.220 e. The molecule has 1 fully saturated rings. The molecule has 0 radical (unpaired) electrons. The van der Waals surface area contributed by atoms with E-state index in [0.29, 0.717) is 13.0 Å². The van der Waals surface area contributed by atoms with Crippen molar-refractivity contribution in [1.29, 1.82) is 0 Å². The number of hydrogen-bond donors (Lipinski definition) is 1. The molecule has 25 heavy (non-hydrogen) atoms. The zero-order chi connectivity index (χ0) is 17.5. The third kappa shape index (κ3) is 5.35. The summed E-state index contributed by atoms with van der Waals surface area (Å²) in [6.45, 7) is 2.71. The Morgan fingerprint density at radius 1 is 1.16 bits per heavy atom. The first-order valence-corrected chi connectivity index (χ1v) is 9.39. The standard InChI is InChI=1S/C20H25ClN2O2/c21-17-9-6-16(7-10-17)8-11-20(24)22-15-18(19-5-4-14-25-19)23-12-2-1-3-13-23/h4-7,9-10,14,18H,1-3,8,11-13,15H2,(H,22,24). The van der Waals surface area contributed by atoms with Gasteiger partial charge in [0.1, 0.15) is 5.76 Å². The molecule has 0 aliphatic carbocycles. The number of carbonyl (C=O) groups is 1. The van der Waals surface area contributed by atoms with Gasteiger partial charge in [0.2, 0.25) is 5.91 Å². The van der Waals surface area contributed by atoms with Crippen LogP contribution in [0.5, 0.6) is 0 Å². The van der Waals surface area contributed by atoms with Gasteiger partial charge in [0, 0.05) is 18.0 Å². The highest BCUT2D eigenvalue weighted by Gasteiger charge is 2.24. The number of nitrogens with zero attached hydrogens (tertiary/aromatic N) is 1. The molecule has 1 N–H and O–H groups in total. The van der Waals surface area contributed by atoms with Crippen LogP contribution in [0.15, 0.2) is 47.1 Å². The van der Waals surface area contributed by atoms with Crippen molar-refractivity contribution in [3.05, 3.63) is 59.0 Å². The van der Waals surface area contributed by atoms with E-state index in [4.69, 9.17) is 16.0 Å². The van der Waals surface area contributed by atoms with Crippen molar-refractivity contribution in [3.8, 4) is 0 Å². The fourth-order valence-corrected chi connectivity index (χ4v) is 3.45. The molecule has 0 saturated carbocycles. The summed E-state index contributed by atoms with van der Waals surface area (Å²) in [5, 5.41) is 3.80. The first-order chi connectivity index (χ1) is 12.2. The molecule has 1 aliphatic heterocycles. The lowest BCUT2D eigenvalue weighted by Gasteiger charge is -2.33. The largest absolute Gasteiger partial charge is 0.468 e. The van der Waals surface area contributed by atoms with Crippen molar-refractivity contribution in [2.75, 3.05) is 19.6 Å². The molecule has 2 heterocycles. The van der Waals surface area contributed by atoms with Gasteiger partial charge in [-0.1, -0.05) is 30.2 Å². The van der Waals surface area contributed by atoms with Crippen molar-refractivity contribution < 1.29 is 9.21 Å². The van der Waals surface area contributed by atoms with Gasteiger partial charge in [0.05, 0.1) is 12.3 Å². The molecular formula is C20H25ClN2O2. The maximum atomic E-state index is 12.3. The van der Waals surface area contributed by atoms with E-state index in [-0.39, 0.29) is 11.9 Å². The molecule has 1 aliphatic rings. The molecule has 134 valence electrons. The van der Waals surface area contributed by atoms with E-state index in [1.165, 1.54) is 19.3 Å². The lowest BCUT2D eigenvalue weighted by molar-refractivity contribution is -0.121. The Morgan fingerprint density at radius 3 is 2.60 bits per heavy atom. The van der Waals surface area contributed by atoms with Gasteiger partial charge in [-0.3, -0.25) is 9.69 Å². The highest BCUT2D eigenvalue weighted by Crippen LogP contribution is 2.24. The smallest absolute Gasteiger partial charge is 0.220 e. The van der Waals surface area contributed by atoms with Crippen molar-refractivity contribution >= 4 is 17.5 Å². The highest BCUT2D eigenvalue weighted by atomic mass is 35.5. The van der Waals surface area contributed by atoms with Gasteiger partial charge >= 0.3 is 0 Å². The third-order valence-electron chi connectivity index (χ3n) is 4.75. The summed E-state index contributed by atoms with van der Waals surface area (Å²) in [6, 6.07) is 11.7. The number of benzene rings is 1. The number of likely N-dealkylation sites (tertiary alicyclic amines) is 1. The second kappa shape index (κ2) is 9.07. The molecule has 0 spiro atoms. The fourth-order valence-electron chi connectivity index (χ4n) is 3.33. The van der Waals surface area contributed by atoms with E-state index < -0.39 is 0 Å². The zero-order valence-corrected chi connectivity index (χ0v) is 15.2. The van der Waals surface area contributed by atoms with Crippen molar-refractivity contribution in [2.45, 2.75) is 38.1 Å². The third-order valence-corrected chi connectivity index (χ3v) is 5.00. The van der Waals surface area contributed by atoms with E-state index in [1.807, 2.05) is 36.4 Å². The quantitative estimate of drug-likeness (QED) is 0.804. The first kappa shape index (κ1) is 18.0. The molecule has 1 unspecified atom stereocenters. The number of hydrogen-bond acceptors (Lipinski definition) is 3. The molecular weight excluding hydrogens is 336 g/mol. The molecule has 0 bridgehead atoms. The van der Waals surface area contributed by atoms with Crippen LogP contribution in [0.25, 0.3) is 0 Å². The van der Waals surface area contributed by atoms with Crippen LogP contribution in [-0.2, 0) is 11.2 Å². The van der Waals surface area contributed by atoms with Gasteiger partial charge < -0.3 is 9.73 Å². The molecule has 1 atom stereocenters. The summed E-state index contributed by atoms with van der Waals surface area (Å²) >= 11 is 5.89. The number of carbonyl (C=O) groups excluding carboxylic acids is 1. The minimum Gasteiger partial charge on any atom is -0.468 e. The van der Waals surface area contributed by atoms with E-state index in [9.17, 15) is 4.79 Å². The summed E-state index contributed by atoms with van der Waals surface area (Å²) in [5.74, 6) is 1.00. The summed E-state index contributed by atoms with van der Waals surface area (Å²) in [5.41, 5.74) is 1.12. The van der Waals surface area contributed by atoms with Crippen LogP contribution < -0.4 is 5.32 Å². The van der Waals surface area contributed by atoms with Crippen molar-refractivity contribution in [2.24, 2.45) is 0 Å². The maximum absolute atomic E-state index is 12.3. The molecule has 1 aromatic heterocycles.